The van der Waals surface area contributed by atoms with Crippen LogP contribution in [-0.2, 0) is 4.74 Å². The van der Waals surface area contributed by atoms with Gasteiger partial charge >= 0.3 is 6.03 Å². The van der Waals surface area contributed by atoms with Gasteiger partial charge in [0.1, 0.15) is 0 Å². The molecular formula is C17H29N3O2. The van der Waals surface area contributed by atoms with E-state index in [-0.39, 0.29) is 11.6 Å². The third kappa shape index (κ3) is 2.42. The molecule has 4 fully saturated rings. The van der Waals surface area contributed by atoms with Crippen LogP contribution in [0, 0.1) is 5.92 Å². The molecule has 1 spiro atoms. The number of carbonyl (C=O) groups excluding carboxylic acids is 1. The van der Waals surface area contributed by atoms with Gasteiger partial charge < -0.3 is 19.9 Å². The number of carbonyl (C=O) groups is 1. The molecule has 0 aromatic heterocycles. The Morgan fingerprint density at radius 2 is 1.86 bits per heavy atom. The quantitative estimate of drug-likeness (QED) is 0.865. The van der Waals surface area contributed by atoms with Gasteiger partial charge in [-0.25, -0.2) is 4.79 Å². The van der Waals surface area contributed by atoms with Crippen molar-refractivity contribution in [1.29, 1.82) is 0 Å². The minimum Gasteiger partial charge on any atom is -0.381 e. The number of urea groups is 1. The fourth-order valence-electron chi connectivity index (χ4n) is 5.31. The van der Waals surface area contributed by atoms with Crippen molar-refractivity contribution < 1.29 is 9.53 Å². The highest BCUT2D eigenvalue weighted by Gasteiger charge is 2.54. The number of likely N-dealkylation sites (N-methyl/N-ethyl adjacent to an activating group) is 1. The molecule has 0 aromatic rings. The maximum Gasteiger partial charge on any atom is 0.320 e. The molecule has 124 valence electrons. The summed E-state index contributed by atoms with van der Waals surface area (Å²) in [5, 5.41) is 3.72. The molecule has 5 nitrogen and oxygen atoms in total. The molecule has 2 unspecified atom stereocenters. The summed E-state index contributed by atoms with van der Waals surface area (Å²) in [6.45, 7) is 6.60. The molecule has 4 aliphatic heterocycles. The number of fused-ring (bicyclic) bond motifs is 2. The Morgan fingerprint density at radius 1 is 1.18 bits per heavy atom. The standard InChI is InChI=1S/C17H29N3O2/c1-2-20-16(21)19(11-13-5-7-22-8-6-13)12-17(20)9-14-3-4-15(10-17)18-14/h13-15,18H,2-12H2,1H3. The van der Waals surface area contributed by atoms with Crippen LogP contribution in [0.25, 0.3) is 0 Å². The third-order valence-corrected chi connectivity index (χ3v) is 6.28. The van der Waals surface area contributed by atoms with Gasteiger partial charge in [-0.3, -0.25) is 0 Å². The summed E-state index contributed by atoms with van der Waals surface area (Å²) < 4.78 is 5.46. The topological polar surface area (TPSA) is 44.8 Å². The second-order valence-electron chi connectivity index (χ2n) is 7.73. The molecule has 0 saturated carbocycles. The Hall–Kier alpha value is -0.810. The zero-order valence-corrected chi connectivity index (χ0v) is 13.7. The average Bonchev–Trinajstić information content (AvgIpc) is 2.98. The summed E-state index contributed by atoms with van der Waals surface area (Å²) in [5.41, 5.74) is 0.105. The predicted octanol–water partition coefficient (Wildman–Crippen LogP) is 1.82. The van der Waals surface area contributed by atoms with E-state index in [1.807, 2.05) is 0 Å². The fraction of sp³-hybridized carbons (Fsp3) is 0.941. The monoisotopic (exact) mass is 307 g/mol. The highest BCUT2D eigenvalue weighted by Crippen LogP contribution is 2.42. The maximum atomic E-state index is 12.9. The minimum atomic E-state index is 0.105. The largest absolute Gasteiger partial charge is 0.381 e. The number of nitrogens with one attached hydrogen (secondary N) is 1. The molecule has 5 heteroatoms. The van der Waals surface area contributed by atoms with Crippen molar-refractivity contribution in [2.45, 2.75) is 63.1 Å². The van der Waals surface area contributed by atoms with E-state index in [9.17, 15) is 4.79 Å². The first kappa shape index (κ1) is 14.8. The van der Waals surface area contributed by atoms with Gasteiger partial charge in [-0.2, -0.15) is 0 Å². The average molecular weight is 307 g/mol. The lowest BCUT2D eigenvalue weighted by Crippen LogP contribution is -2.57. The Labute approximate surface area is 133 Å². The maximum absolute atomic E-state index is 12.9. The first-order chi connectivity index (χ1) is 10.7. The summed E-state index contributed by atoms with van der Waals surface area (Å²) in [4.78, 5) is 17.3. The highest BCUT2D eigenvalue weighted by molar-refractivity contribution is 5.78. The van der Waals surface area contributed by atoms with E-state index in [1.165, 1.54) is 12.8 Å². The van der Waals surface area contributed by atoms with E-state index in [1.54, 1.807) is 0 Å². The van der Waals surface area contributed by atoms with Crippen molar-refractivity contribution in [3.05, 3.63) is 0 Å². The molecule has 2 bridgehead atoms. The molecular weight excluding hydrogens is 278 g/mol. The lowest BCUT2D eigenvalue weighted by atomic mass is 9.83. The van der Waals surface area contributed by atoms with Crippen LogP contribution in [0.5, 0.6) is 0 Å². The Kier molecular flexibility index (Phi) is 3.81. The molecule has 4 heterocycles. The van der Waals surface area contributed by atoms with E-state index in [4.69, 9.17) is 4.74 Å². The van der Waals surface area contributed by atoms with E-state index in [0.29, 0.717) is 18.0 Å². The summed E-state index contributed by atoms with van der Waals surface area (Å²) in [6, 6.07) is 1.54. The van der Waals surface area contributed by atoms with E-state index >= 15 is 0 Å². The first-order valence-electron chi connectivity index (χ1n) is 9.10. The number of nitrogens with zero attached hydrogens (tertiary/aromatic N) is 2. The molecule has 2 amide bonds. The van der Waals surface area contributed by atoms with Crippen LogP contribution in [-0.4, -0.2) is 66.3 Å². The lowest BCUT2D eigenvalue weighted by Gasteiger charge is -2.43. The number of amides is 2. The van der Waals surface area contributed by atoms with Crippen LogP contribution >= 0.6 is 0 Å². The number of hydrogen-bond acceptors (Lipinski definition) is 3. The van der Waals surface area contributed by atoms with Gasteiger partial charge in [0.15, 0.2) is 0 Å². The summed E-state index contributed by atoms with van der Waals surface area (Å²) in [6.07, 6.45) is 7.09. The van der Waals surface area contributed by atoms with Crippen molar-refractivity contribution in [2.24, 2.45) is 5.92 Å². The van der Waals surface area contributed by atoms with E-state index < -0.39 is 0 Å². The van der Waals surface area contributed by atoms with Crippen LogP contribution in [0.1, 0.15) is 45.4 Å². The zero-order chi connectivity index (χ0) is 15.2. The zero-order valence-electron chi connectivity index (χ0n) is 13.7. The van der Waals surface area contributed by atoms with Crippen molar-refractivity contribution in [1.82, 2.24) is 15.1 Å². The third-order valence-electron chi connectivity index (χ3n) is 6.28. The Morgan fingerprint density at radius 3 is 2.50 bits per heavy atom. The lowest BCUT2D eigenvalue weighted by molar-refractivity contribution is 0.0570. The molecule has 4 rings (SSSR count). The van der Waals surface area contributed by atoms with Crippen LogP contribution in [0.15, 0.2) is 0 Å². The second kappa shape index (κ2) is 5.68. The van der Waals surface area contributed by atoms with Crippen LogP contribution < -0.4 is 5.32 Å². The second-order valence-corrected chi connectivity index (χ2v) is 7.73. The number of piperidine rings is 1. The molecule has 0 aliphatic carbocycles. The van der Waals surface area contributed by atoms with Gasteiger partial charge in [0, 0.05) is 44.9 Å². The summed E-state index contributed by atoms with van der Waals surface area (Å²) >= 11 is 0. The normalized spacial score (nSPS) is 39.2. The molecule has 0 radical (unpaired) electrons. The number of ether oxygens (including phenoxy) is 1. The van der Waals surface area contributed by atoms with Gasteiger partial charge in [-0.1, -0.05) is 0 Å². The number of rotatable bonds is 3. The molecule has 4 saturated heterocycles. The van der Waals surface area contributed by atoms with Crippen LogP contribution in [0.2, 0.25) is 0 Å². The molecule has 0 aromatic carbocycles. The highest BCUT2D eigenvalue weighted by atomic mass is 16.5. The SMILES string of the molecule is CCN1C(=O)N(CC2CCOCC2)CC12CC1CCC(C2)N1. The predicted molar refractivity (Wildman–Crippen MR) is 84.8 cm³/mol. The smallest absolute Gasteiger partial charge is 0.320 e. The Bertz CT molecular complexity index is 424. The number of hydrogen-bond donors (Lipinski definition) is 1. The van der Waals surface area contributed by atoms with Crippen LogP contribution in [0.3, 0.4) is 0 Å². The molecule has 2 atom stereocenters. The van der Waals surface area contributed by atoms with Gasteiger partial charge in [-0.05, 0) is 51.4 Å². The molecule has 1 N–H and O–H groups in total. The van der Waals surface area contributed by atoms with Crippen molar-refractivity contribution >= 4 is 6.03 Å². The molecule has 4 aliphatic rings. The van der Waals surface area contributed by atoms with E-state index in [0.717, 1.165) is 58.5 Å². The summed E-state index contributed by atoms with van der Waals surface area (Å²) in [7, 11) is 0. The minimum absolute atomic E-state index is 0.105. The molecule has 22 heavy (non-hydrogen) atoms. The fourth-order valence-corrected chi connectivity index (χ4v) is 5.31. The summed E-state index contributed by atoms with van der Waals surface area (Å²) in [5.74, 6) is 0.630. The van der Waals surface area contributed by atoms with Gasteiger partial charge in [0.05, 0.1) is 5.54 Å². The van der Waals surface area contributed by atoms with Crippen molar-refractivity contribution in [2.75, 3.05) is 32.8 Å². The Balaban J connectivity index is 1.49. The van der Waals surface area contributed by atoms with E-state index in [2.05, 4.69) is 22.0 Å². The van der Waals surface area contributed by atoms with Crippen molar-refractivity contribution in [3.63, 3.8) is 0 Å². The van der Waals surface area contributed by atoms with Crippen LogP contribution in [0.4, 0.5) is 4.79 Å². The van der Waals surface area contributed by atoms with Crippen molar-refractivity contribution in [3.8, 4) is 0 Å². The first-order valence-corrected chi connectivity index (χ1v) is 9.10. The van der Waals surface area contributed by atoms with Gasteiger partial charge in [0.25, 0.3) is 0 Å². The van der Waals surface area contributed by atoms with Gasteiger partial charge in [0.2, 0.25) is 0 Å². The van der Waals surface area contributed by atoms with Gasteiger partial charge in [-0.15, -0.1) is 0 Å².